The molecule has 0 fully saturated rings. The largest absolute Gasteiger partial charge is 0.352 e. The predicted molar refractivity (Wildman–Crippen MR) is 166 cm³/mol. The molecule has 7 nitrogen and oxygen atoms in total. The van der Waals surface area contributed by atoms with E-state index in [1.54, 1.807) is 43.3 Å². The van der Waals surface area contributed by atoms with Crippen molar-refractivity contribution in [1.82, 2.24) is 10.2 Å². The molecule has 2 amide bonds. The normalized spacial score (nSPS) is 12.9. The zero-order valence-electron chi connectivity index (χ0n) is 22.8. The number of amides is 2. The molecule has 0 saturated heterocycles. The number of nitrogens with zero attached hydrogens (tertiary/aromatic N) is 2. The molecule has 3 aromatic carbocycles. The Morgan fingerprint density at radius 2 is 1.44 bits per heavy atom. The van der Waals surface area contributed by atoms with Gasteiger partial charge in [-0.1, -0.05) is 84.5 Å². The van der Waals surface area contributed by atoms with Gasteiger partial charge in [0.2, 0.25) is 11.8 Å². The van der Waals surface area contributed by atoms with E-state index in [9.17, 15) is 18.0 Å². The van der Waals surface area contributed by atoms with E-state index in [1.165, 1.54) is 35.2 Å². The van der Waals surface area contributed by atoms with Crippen molar-refractivity contribution in [2.75, 3.05) is 10.8 Å². The van der Waals surface area contributed by atoms with Gasteiger partial charge in [0.15, 0.2) is 0 Å². The highest BCUT2D eigenvalue weighted by molar-refractivity contribution is 7.92. The molecule has 0 heterocycles. The lowest BCUT2D eigenvalue weighted by Gasteiger charge is -2.34. The summed E-state index contributed by atoms with van der Waals surface area (Å²) in [4.78, 5) is 28.8. The number of nitrogens with one attached hydrogen (secondary N) is 1. The Bertz CT molecular complexity index is 1450. The summed E-state index contributed by atoms with van der Waals surface area (Å²) < 4.78 is 28.7. The molecule has 0 aromatic heterocycles. The summed E-state index contributed by atoms with van der Waals surface area (Å²) in [6.45, 7) is 4.78. The molecule has 0 saturated carbocycles. The van der Waals surface area contributed by atoms with E-state index in [2.05, 4.69) is 5.32 Å². The van der Waals surface area contributed by atoms with E-state index in [1.807, 2.05) is 13.8 Å². The third kappa shape index (κ3) is 8.30. The highest BCUT2D eigenvalue weighted by atomic mass is 35.5. The van der Waals surface area contributed by atoms with Gasteiger partial charge in [-0.25, -0.2) is 8.42 Å². The number of sulfonamides is 1. The second kappa shape index (κ2) is 14.6. The van der Waals surface area contributed by atoms with Gasteiger partial charge in [-0.05, 0) is 62.2 Å². The van der Waals surface area contributed by atoms with Gasteiger partial charge in [0.25, 0.3) is 10.0 Å². The summed E-state index contributed by atoms with van der Waals surface area (Å²) in [6.07, 6.45) is 0.940. The minimum absolute atomic E-state index is 0.0360. The Morgan fingerprint density at radius 3 is 1.98 bits per heavy atom. The number of benzene rings is 3. The summed E-state index contributed by atoms with van der Waals surface area (Å²) >= 11 is 25.3. The van der Waals surface area contributed by atoms with Crippen LogP contribution in [0.2, 0.25) is 20.1 Å². The van der Waals surface area contributed by atoms with Gasteiger partial charge < -0.3 is 10.2 Å². The number of rotatable bonds is 12. The van der Waals surface area contributed by atoms with Crippen molar-refractivity contribution in [3.63, 3.8) is 0 Å². The van der Waals surface area contributed by atoms with Crippen LogP contribution in [-0.4, -0.2) is 43.8 Å². The molecule has 12 heteroatoms. The van der Waals surface area contributed by atoms with E-state index in [-0.39, 0.29) is 45.5 Å². The molecule has 0 unspecified atom stereocenters. The quantitative estimate of drug-likeness (QED) is 0.223. The van der Waals surface area contributed by atoms with Crippen LogP contribution in [0.1, 0.15) is 39.2 Å². The highest BCUT2D eigenvalue weighted by Gasteiger charge is 2.34. The molecule has 3 aromatic rings. The highest BCUT2D eigenvalue weighted by Crippen LogP contribution is 2.31. The van der Waals surface area contributed by atoms with Gasteiger partial charge in [-0.2, -0.15) is 0 Å². The minimum Gasteiger partial charge on any atom is -0.352 e. The standard InChI is InChI=1S/C29H31Cl4N3O4S/c1-4-19(3)34-29(38)27(5-2)35(17-24-25(32)12-9-13-26(24)33)28(37)18-36(22-15-20(30)14-21(31)16-22)41(39,40)23-10-7-6-8-11-23/h6-16,19,27H,4-5,17-18H2,1-3H3,(H,34,38)/t19-,27-/m0/s1. The molecular formula is C29H31Cl4N3O4S. The van der Waals surface area contributed by atoms with Crippen molar-refractivity contribution >= 4 is 73.9 Å². The van der Waals surface area contributed by atoms with Gasteiger partial charge in [-0.3, -0.25) is 13.9 Å². The average Bonchev–Trinajstić information content (AvgIpc) is 2.92. The van der Waals surface area contributed by atoms with Crippen molar-refractivity contribution in [2.24, 2.45) is 0 Å². The van der Waals surface area contributed by atoms with Gasteiger partial charge in [0.05, 0.1) is 10.6 Å². The lowest BCUT2D eigenvalue weighted by atomic mass is 10.1. The summed E-state index contributed by atoms with van der Waals surface area (Å²) in [7, 11) is -4.27. The van der Waals surface area contributed by atoms with E-state index >= 15 is 0 Å². The van der Waals surface area contributed by atoms with Crippen LogP contribution in [0.3, 0.4) is 0 Å². The monoisotopic (exact) mass is 657 g/mol. The fourth-order valence-corrected chi connectivity index (χ4v) is 6.60. The van der Waals surface area contributed by atoms with Crippen molar-refractivity contribution in [3.8, 4) is 0 Å². The fourth-order valence-electron chi connectivity index (χ4n) is 4.15. The predicted octanol–water partition coefficient (Wildman–Crippen LogP) is 7.22. The summed E-state index contributed by atoms with van der Waals surface area (Å²) in [5, 5.41) is 3.91. The molecule has 0 aliphatic carbocycles. The topological polar surface area (TPSA) is 86.8 Å². The summed E-state index contributed by atoms with van der Waals surface area (Å²) in [5.74, 6) is -1.02. The molecule has 3 rings (SSSR count). The Morgan fingerprint density at radius 1 is 0.854 bits per heavy atom. The molecular weight excluding hydrogens is 628 g/mol. The lowest BCUT2D eigenvalue weighted by molar-refractivity contribution is -0.140. The van der Waals surface area contributed by atoms with Crippen molar-refractivity contribution in [2.45, 2.75) is 57.1 Å². The Hall–Kier alpha value is -2.49. The molecule has 220 valence electrons. The number of halogens is 4. The van der Waals surface area contributed by atoms with Crippen LogP contribution in [0.5, 0.6) is 0 Å². The molecule has 2 atom stereocenters. The maximum atomic E-state index is 14.1. The van der Waals surface area contributed by atoms with E-state index < -0.39 is 28.5 Å². The van der Waals surface area contributed by atoms with Crippen LogP contribution in [0.25, 0.3) is 0 Å². The van der Waals surface area contributed by atoms with E-state index in [4.69, 9.17) is 46.4 Å². The molecule has 1 N–H and O–H groups in total. The zero-order chi connectivity index (χ0) is 30.3. The van der Waals surface area contributed by atoms with Crippen LogP contribution >= 0.6 is 46.4 Å². The first kappa shape index (κ1) is 33.0. The van der Waals surface area contributed by atoms with E-state index in [0.29, 0.717) is 22.0 Å². The van der Waals surface area contributed by atoms with Crippen LogP contribution in [0.4, 0.5) is 5.69 Å². The Kier molecular flexibility index (Phi) is 11.8. The van der Waals surface area contributed by atoms with Crippen molar-refractivity contribution in [3.05, 3.63) is 92.4 Å². The zero-order valence-corrected chi connectivity index (χ0v) is 26.6. The third-order valence-corrected chi connectivity index (χ3v) is 9.46. The number of hydrogen-bond donors (Lipinski definition) is 1. The molecule has 0 aliphatic heterocycles. The SMILES string of the molecule is CC[C@H](C)NC(=O)[C@H](CC)N(Cc1c(Cl)cccc1Cl)C(=O)CN(c1cc(Cl)cc(Cl)c1)S(=O)(=O)c1ccccc1. The molecule has 0 spiro atoms. The number of anilines is 1. The van der Waals surface area contributed by atoms with Gasteiger partial charge >= 0.3 is 0 Å². The summed E-state index contributed by atoms with van der Waals surface area (Å²) in [5.41, 5.74) is 0.523. The first-order valence-electron chi connectivity index (χ1n) is 13.0. The lowest BCUT2D eigenvalue weighted by Crippen LogP contribution is -2.53. The van der Waals surface area contributed by atoms with E-state index in [0.717, 1.165) is 4.31 Å². The van der Waals surface area contributed by atoms with Gasteiger partial charge in [-0.15, -0.1) is 0 Å². The second-order valence-corrected chi connectivity index (χ2v) is 13.0. The summed E-state index contributed by atoms with van der Waals surface area (Å²) in [6, 6.07) is 15.8. The van der Waals surface area contributed by atoms with Crippen molar-refractivity contribution < 1.29 is 18.0 Å². The maximum Gasteiger partial charge on any atom is 0.264 e. The number of carbonyl (C=O) groups is 2. The molecule has 41 heavy (non-hydrogen) atoms. The third-order valence-electron chi connectivity index (χ3n) is 6.52. The van der Waals surface area contributed by atoms with Crippen LogP contribution < -0.4 is 9.62 Å². The minimum atomic E-state index is -4.27. The van der Waals surface area contributed by atoms with Crippen LogP contribution in [0, 0.1) is 0 Å². The number of hydrogen-bond acceptors (Lipinski definition) is 4. The molecule has 0 bridgehead atoms. The molecule has 0 aliphatic rings. The maximum absolute atomic E-state index is 14.1. The van der Waals surface area contributed by atoms with Crippen molar-refractivity contribution in [1.29, 1.82) is 0 Å². The molecule has 0 radical (unpaired) electrons. The first-order chi connectivity index (χ1) is 19.4. The smallest absolute Gasteiger partial charge is 0.264 e. The Balaban J connectivity index is 2.12. The van der Waals surface area contributed by atoms with Crippen LogP contribution in [-0.2, 0) is 26.2 Å². The van der Waals surface area contributed by atoms with Crippen LogP contribution in [0.15, 0.2) is 71.6 Å². The fraction of sp³-hybridized carbons (Fsp3) is 0.310. The first-order valence-corrected chi connectivity index (χ1v) is 15.9. The van der Waals surface area contributed by atoms with Gasteiger partial charge in [0.1, 0.15) is 12.6 Å². The average molecular weight is 659 g/mol. The Labute approximate surface area is 261 Å². The second-order valence-electron chi connectivity index (χ2n) is 9.42. The number of carbonyl (C=O) groups excluding carboxylic acids is 2. The van der Waals surface area contributed by atoms with Gasteiger partial charge in [0, 0.05) is 38.2 Å².